The molecule has 1 saturated heterocycles. The summed E-state index contributed by atoms with van der Waals surface area (Å²) in [6.45, 7) is 5.76. The Morgan fingerprint density at radius 2 is 1.93 bits per heavy atom. The standard InChI is InChI=1S/C25H32N2O2/c1-19-8-10-22(11-9-19)25(28)27(23-12-13-23)17-20-5-3-7-24(15-20)29-18-21-6-4-14-26(2)16-21/h3,5,7-11,15,21,23H,4,6,12-14,16-18H2,1-2H3/t21-/m1/s1. The topological polar surface area (TPSA) is 32.8 Å². The maximum Gasteiger partial charge on any atom is 0.254 e. The molecule has 0 radical (unpaired) electrons. The minimum absolute atomic E-state index is 0.129. The van der Waals surface area contributed by atoms with E-state index < -0.39 is 0 Å². The van der Waals surface area contributed by atoms with Crippen LogP contribution in [0, 0.1) is 12.8 Å². The molecule has 4 rings (SSSR count). The van der Waals surface area contributed by atoms with Crippen LogP contribution in [-0.2, 0) is 6.54 Å². The molecule has 2 fully saturated rings. The first kappa shape index (κ1) is 20.0. The largest absolute Gasteiger partial charge is 0.493 e. The summed E-state index contributed by atoms with van der Waals surface area (Å²) >= 11 is 0. The molecule has 1 atom stereocenters. The number of ether oxygens (including phenoxy) is 1. The van der Waals surface area contributed by atoms with Crippen molar-refractivity contribution < 1.29 is 9.53 Å². The van der Waals surface area contributed by atoms with Crippen molar-refractivity contribution in [1.29, 1.82) is 0 Å². The SMILES string of the molecule is Cc1ccc(C(=O)N(Cc2cccc(OC[C@@H]3CCCN(C)C3)c2)C2CC2)cc1. The van der Waals surface area contributed by atoms with Crippen LogP contribution in [-0.4, -0.2) is 48.5 Å². The van der Waals surface area contributed by atoms with Crippen molar-refractivity contribution in [2.75, 3.05) is 26.7 Å². The highest BCUT2D eigenvalue weighted by Crippen LogP contribution is 2.30. The van der Waals surface area contributed by atoms with Crippen LogP contribution in [0.2, 0.25) is 0 Å². The normalized spacial score (nSPS) is 19.7. The molecule has 154 valence electrons. The zero-order valence-electron chi connectivity index (χ0n) is 17.6. The maximum absolute atomic E-state index is 13.1. The van der Waals surface area contributed by atoms with Crippen LogP contribution in [0.15, 0.2) is 48.5 Å². The lowest BCUT2D eigenvalue weighted by Gasteiger charge is -2.29. The molecule has 0 aromatic heterocycles. The van der Waals surface area contributed by atoms with E-state index in [-0.39, 0.29) is 5.91 Å². The van der Waals surface area contributed by atoms with Crippen LogP contribution in [0.4, 0.5) is 0 Å². The third-order valence-corrected chi connectivity index (χ3v) is 6.01. The first-order chi connectivity index (χ1) is 14.1. The number of likely N-dealkylation sites (tertiary alicyclic amines) is 1. The summed E-state index contributed by atoms with van der Waals surface area (Å²) < 4.78 is 6.12. The minimum atomic E-state index is 0.129. The number of carbonyl (C=O) groups excluding carboxylic acids is 1. The fourth-order valence-corrected chi connectivity index (χ4v) is 4.17. The lowest BCUT2D eigenvalue weighted by molar-refractivity contribution is 0.0729. The molecule has 4 heteroatoms. The Hall–Kier alpha value is -2.33. The summed E-state index contributed by atoms with van der Waals surface area (Å²) in [6.07, 6.45) is 4.69. The molecule has 1 aliphatic carbocycles. The number of nitrogens with zero attached hydrogens (tertiary/aromatic N) is 2. The van der Waals surface area contributed by atoms with Gasteiger partial charge >= 0.3 is 0 Å². The Bertz CT molecular complexity index is 829. The number of rotatable bonds is 7. The Morgan fingerprint density at radius 3 is 2.66 bits per heavy atom. The Kier molecular flexibility index (Phi) is 6.19. The summed E-state index contributed by atoms with van der Waals surface area (Å²) in [5.74, 6) is 1.64. The highest BCUT2D eigenvalue weighted by atomic mass is 16.5. The van der Waals surface area contributed by atoms with Gasteiger partial charge in [-0.25, -0.2) is 0 Å². The van der Waals surface area contributed by atoms with Gasteiger partial charge in [0.25, 0.3) is 5.91 Å². The third-order valence-electron chi connectivity index (χ3n) is 6.01. The molecule has 0 N–H and O–H groups in total. The molecule has 2 aromatic carbocycles. The highest BCUT2D eigenvalue weighted by molar-refractivity contribution is 5.94. The number of hydrogen-bond donors (Lipinski definition) is 0. The van der Waals surface area contributed by atoms with Gasteiger partial charge in [0, 0.05) is 30.6 Å². The molecule has 1 heterocycles. The van der Waals surface area contributed by atoms with E-state index in [2.05, 4.69) is 24.1 Å². The van der Waals surface area contributed by atoms with Gasteiger partial charge in [-0.3, -0.25) is 4.79 Å². The molecular formula is C25H32N2O2. The third kappa shape index (κ3) is 5.39. The van der Waals surface area contributed by atoms with Crippen molar-refractivity contribution in [1.82, 2.24) is 9.80 Å². The van der Waals surface area contributed by atoms with Crippen LogP contribution in [0.25, 0.3) is 0 Å². The quantitative estimate of drug-likeness (QED) is 0.694. The van der Waals surface area contributed by atoms with E-state index in [0.29, 0.717) is 18.5 Å². The van der Waals surface area contributed by atoms with E-state index in [1.54, 1.807) is 0 Å². The molecule has 0 bridgehead atoms. The number of hydrogen-bond acceptors (Lipinski definition) is 3. The average molecular weight is 393 g/mol. The van der Waals surface area contributed by atoms with Crippen molar-refractivity contribution >= 4 is 5.91 Å². The number of benzene rings is 2. The van der Waals surface area contributed by atoms with Crippen LogP contribution < -0.4 is 4.74 Å². The van der Waals surface area contributed by atoms with Crippen molar-refractivity contribution in [3.63, 3.8) is 0 Å². The average Bonchev–Trinajstić information content (AvgIpc) is 3.56. The number of amides is 1. The molecule has 0 unspecified atom stereocenters. The van der Waals surface area contributed by atoms with Gasteiger partial charge in [0.2, 0.25) is 0 Å². The molecule has 1 amide bonds. The van der Waals surface area contributed by atoms with Gasteiger partial charge in [0.05, 0.1) is 6.61 Å². The van der Waals surface area contributed by atoms with E-state index in [1.165, 1.54) is 24.9 Å². The van der Waals surface area contributed by atoms with Gasteiger partial charge in [0.15, 0.2) is 0 Å². The molecule has 1 saturated carbocycles. The summed E-state index contributed by atoms with van der Waals surface area (Å²) in [7, 11) is 2.18. The zero-order valence-corrected chi connectivity index (χ0v) is 17.6. The van der Waals surface area contributed by atoms with E-state index in [1.807, 2.05) is 48.2 Å². The Labute approximate surface area is 174 Å². The number of aryl methyl sites for hydroxylation is 1. The highest BCUT2D eigenvalue weighted by Gasteiger charge is 2.33. The van der Waals surface area contributed by atoms with E-state index in [9.17, 15) is 4.79 Å². The second-order valence-electron chi connectivity index (χ2n) is 8.76. The van der Waals surface area contributed by atoms with Crippen molar-refractivity contribution in [3.8, 4) is 5.75 Å². The van der Waals surface area contributed by atoms with Gasteiger partial charge in [-0.05, 0) is 76.0 Å². The van der Waals surface area contributed by atoms with Crippen LogP contribution in [0.5, 0.6) is 5.75 Å². The lowest BCUT2D eigenvalue weighted by atomic mass is 9.99. The van der Waals surface area contributed by atoms with E-state index in [4.69, 9.17) is 4.74 Å². The fourth-order valence-electron chi connectivity index (χ4n) is 4.17. The number of carbonyl (C=O) groups is 1. The predicted octanol–water partition coefficient (Wildman–Crippen LogP) is 4.52. The first-order valence-electron chi connectivity index (χ1n) is 10.9. The van der Waals surface area contributed by atoms with Crippen molar-refractivity contribution in [3.05, 3.63) is 65.2 Å². The van der Waals surface area contributed by atoms with E-state index >= 15 is 0 Å². The summed E-state index contributed by atoms with van der Waals surface area (Å²) in [5.41, 5.74) is 3.08. The molecule has 0 spiro atoms. The Balaban J connectivity index is 1.40. The summed E-state index contributed by atoms with van der Waals surface area (Å²) in [4.78, 5) is 17.5. The molecule has 29 heavy (non-hydrogen) atoms. The predicted molar refractivity (Wildman–Crippen MR) is 116 cm³/mol. The van der Waals surface area contributed by atoms with Crippen LogP contribution >= 0.6 is 0 Å². The second kappa shape index (κ2) is 9.00. The van der Waals surface area contributed by atoms with Gasteiger partial charge in [-0.1, -0.05) is 29.8 Å². The van der Waals surface area contributed by atoms with E-state index in [0.717, 1.165) is 42.9 Å². The lowest BCUT2D eigenvalue weighted by Crippen LogP contribution is -2.34. The van der Waals surface area contributed by atoms with Crippen molar-refractivity contribution in [2.45, 2.75) is 45.2 Å². The van der Waals surface area contributed by atoms with Gasteiger partial charge in [-0.2, -0.15) is 0 Å². The molecule has 2 aliphatic rings. The van der Waals surface area contributed by atoms with Crippen LogP contribution in [0.3, 0.4) is 0 Å². The fraction of sp³-hybridized carbons (Fsp3) is 0.480. The Morgan fingerprint density at radius 1 is 1.14 bits per heavy atom. The monoisotopic (exact) mass is 392 g/mol. The second-order valence-corrected chi connectivity index (χ2v) is 8.76. The smallest absolute Gasteiger partial charge is 0.254 e. The maximum atomic E-state index is 13.1. The van der Waals surface area contributed by atoms with Gasteiger partial charge < -0.3 is 14.5 Å². The first-order valence-corrected chi connectivity index (χ1v) is 10.9. The summed E-state index contributed by atoms with van der Waals surface area (Å²) in [5, 5.41) is 0. The van der Waals surface area contributed by atoms with Gasteiger partial charge in [0.1, 0.15) is 5.75 Å². The van der Waals surface area contributed by atoms with Crippen LogP contribution in [0.1, 0.15) is 47.2 Å². The molecule has 4 nitrogen and oxygen atoms in total. The zero-order chi connectivity index (χ0) is 20.2. The number of piperidine rings is 1. The molecular weight excluding hydrogens is 360 g/mol. The molecule has 1 aliphatic heterocycles. The molecule has 2 aromatic rings. The van der Waals surface area contributed by atoms with Gasteiger partial charge in [-0.15, -0.1) is 0 Å². The summed E-state index contributed by atoms with van der Waals surface area (Å²) in [6, 6.07) is 16.5. The minimum Gasteiger partial charge on any atom is -0.493 e. The van der Waals surface area contributed by atoms with Crippen molar-refractivity contribution in [2.24, 2.45) is 5.92 Å².